The average Bonchev–Trinajstić information content (AvgIpc) is 3.36. The highest BCUT2D eigenvalue weighted by Gasteiger charge is 2.28. The van der Waals surface area contributed by atoms with Gasteiger partial charge in [-0.15, -0.1) is 11.3 Å². The highest BCUT2D eigenvalue weighted by molar-refractivity contribution is 7.91. The molecule has 0 atom stereocenters. The van der Waals surface area contributed by atoms with Gasteiger partial charge in [0.2, 0.25) is 0 Å². The first-order chi connectivity index (χ1) is 16.0. The first kappa shape index (κ1) is 21.8. The summed E-state index contributed by atoms with van der Waals surface area (Å²) in [5.74, 6) is -0.217. The molecule has 1 aromatic heterocycles. The molecule has 3 aromatic carbocycles. The predicted octanol–water partition coefficient (Wildman–Crippen LogP) is 4.84. The second kappa shape index (κ2) is 9.07. The number of hydrogen-bond acceptors (Lipinski definition) is 5. The lowest BCUT2D eigenvalue weighted by Crippen LogP contribution is -2.40. The molecule has 6 nitrogen and oxygen atoms in total. The number of hydrogen-bond donors (Lipinski definition) is 1. The van der Waals surface area contributed by atoms with Crippen LogP contribution < -0.4 is 5.32 Å². The maximum absolute atomic E-state index is 13.0. The van der Waals surface area contributed by atoms with Crippen LogP contribution in [0.25, 0.3) is 21.2 Å². The van der Waals surface area contributed by atoms with Crippen LogP contribution in [0.1, 0.15) is 10.4 Å². The number of benzene rings is 3. The topological polar surface area (TPSA) is 75.7 Å². The van der Waals surface area contributed by atoms with Crippen LogP contribution in [0.15, 0.2) is 83.1 Å². The molecule has 4 aromatic rings. The van der Waals surface area contributed by atoms with E-state index in [0.29, 0.717) is 36.1 Å². The lowest BCUT2D eigenvalue weighted by Gasteiger charge is -2.25. The third kappa shape index (κ3) is 4.43. The van der Waals surface area contributed by atoms with Gasteiger partial charge in [-0.25, -0.2) is 8.42 Å². The number of carbonyl (C=O) groups is 1. The minimum Gasteiger partial charge on any atom is -0.379 e. The number of fused-ring (bicyclic) bond motifs is 1. The van der Waals surface area contributed by atoms with E-state index < -0.39 is 10.0 Å². The van der Waals surface area contributed by atoms with E-state index in [1.54, 1.807) is 24.3 Å². The van der Waals surface area contributed by atoms with Crippen LogP contribution in [-0.2, 0) is 14.8 Å². The van der Waals surface area contributed by atoms with E-state index in [1.807, 2.05) is 54.6 Å². The molecular formula is C25H22N2O4S2. The molecule has 1 aliphatic rings. The van der Waals surface area contributed by atoms with Crippen LogP contribution in [0.2, 0.25) is 0 Å². The van der Waals surface area contributed by atoms with Gasteiger partial charge in [-0.3, -0.25) is 4.79 Å². The molecule has 1 N–H and O–H groups in total. The summed E-state index contributed by atoms with van der Waals surface area (Å²) in [6.45, 7) is 1.54. The van der Waals surface area contributed by atoms with Gasteiger partial charge in [0, 0.05) is 34.6 Å². The maximum atomic E-state index is 13.0. The minimum atomic E-state index is -3.54. The summed E-state index contributed by atoms with van der Waals surface area (Å²) >= 11 is 1.21. The van der Waals surface area contributed by atoms with Crippen LogP contribution in [0, 0.1) is 0 Å². The summed E-state index contributed by atoms with van der Waals surface area (Å²) in [6.07, 6.45) is 0. The quantitative estimate of drug-likeness (QED) is 0.445. The number of carbonyl (C=O) groups excluding carboxylic acids is 1. The fourth-order valence-corrected chi connectivity index (χ4v) is 6.74. The van der Waals surface area contributed by atoms with Gasteiger partial charge in [0.25, 0.3) is 15.9 Å². The summed E-state index contributed by atoms with van der Waals surface area (Å²) in [5, 5.41) is 5.03. The molecule has 0 saturated carbocycles. The second-order valence-electron chi connectivity index (χ2n) is 7.70. The molecule has 1 amide bonds. The molecular weight excluding hydrogens is 456 g/mol. The van der Waals surface area contributed by atoms with E-state index in [2.05, 4.69) is 5.32 Å². The molecule has 1 aliphatic heterocycles. The van der Waals surface area contributed by atoms with Crippen molar-refractivity contribution in [1.29, 1.82) is 0 Å². The standard InChI is InChI=1S/C25H22N2O4S2/c28-25(26-22-10-4-6-18-5-1-2-9-21(18)22)20-8-3-7-19(17-20)23-11-12-24(32-23)33(29,30)27-13-15-31-16-14-27/h1-12,17H,13-16H2,(H,26,28). The predicted molar refractivity (Wildman–Crippen MR) is 131 cm³/mol. The van der Waals surface area contributed by atoms with E-state index in [1.165, 1.54) is 15.6 Å². The summed E-state index contributed by atoms with van der Waals surface area (Å²) in [6, 6.07) is 24.3. The van der Waals surface area contributed by atoms with Crippen molar-refractivity contribution in [2.24, 2.45) is 0 Å². The Bertz CT molecular complexity index is 1420. The van der Waals surface area contributed by atoms with Gasteiger partial charge >= 0.3 is 0 Å². The largest absolute Gasteiger partial charge is 0.379 e. The van der Waals surface area contributed by atoms with Crippen molar-refractivity contribution in [3.63, 3.8) is 0 Å². The zero-order chi connectivity index (χ0) is 22.8. The van der Waals surface area contributed by atoms with E-state index in [-0.39, 0.29) is 5.91 Å². The zero-order valence-corrected chi connectivity index (χ0v) is 19.4. The molecule has 5 rings (SSSR count). The van der Waals surface area contributed by atoms with Crippen molar-refractivity contribution in [3.8, 4) is 10.4 Å². The number of sulfonamides is 1. The minimum absolute atomic E-state index is 0.217. The van der Waals surface area contributed by atoms with Crippen molar-refractivity contribution in [2.75, 3.05) is 31.6 Å². The van der Waals surface area contributed by atoms with Crippen molar-refractivity contribution in [3.05, 3.63) is 84.4 Å². The fourth-order valence-electron chi connectivity index (χ4n) is 3.87. The summed E-state index contributed by atoms with van der Waals surface area (Å²) in [7, 11) is -3.54. The van der Waals surface area contributed by atoms with Crippen molar-refractivity contribution >= 4 is 43.7 Å². The number of thiophene rings is 1. The first-order valence-electron chi connectivity index (χ1n) is 10.6. The molecule has 33 heavy (non-hydrogen) atoms. The Morgan fingerprint density at radius 1 is 0.909 bits per heavy atom. The van der Waals surface area contributed by atoms with Gasteiger partial charge in [0.05, 0.1) is 13.2 Å². The van der Waals surface area contributed by atoms with Gasteiger partial charge in [-0.2, -0.15) is 4.31 Å². The molecule has 168 valence electrons. The van der Waals surface area contributed by atoms with Crippen LogP contribution in [0.3, 0.4) is 0 Å². The number of ether oxygens (including phenoxy) is 1. The van der Waals surface area contributed by atoms with Crippen LogP contribution in [0.5, 0.6) is 0 Å². The molecule has 0 radical (unpaired) electrons. The Hall–Kier alpha value is -3.04. The molecule has 1 saturated heterocycles. The second-order valence-corrected chi connectivity index (χ2v) is 10.9. The third-order valence-corrected chi connectivity index (χ3v) is 9.09. The highest BCUT2D eigenvalue weighted by atomic mass is 32.2. The number of morpholine rings is 1. The van der Waals surface area contributed by atoms with Gasteiger partial charge in [0.15, 0.2) is 0 Å². The summed E-state index contributed by atoms with van der Waals surface area (Å²) in [4.78, 5) is 13.8. The van der Waals surface area contributed by atoms with E-state index in [9.17, 15) is 13.2 Å². The number of rotatable bonds is 5. The van der Waals surface area contributed by atoms with Gasteiger partial charge in [-0.1, -0.05) is 48.5 Å². The van der Waals surface area contributed by atoms with E-state index >= 15 is 0 Å². The molecule has 0 spiro atoms. The number of nitrogens with one attached hydrogen (secondary N) is 1. The monoisotopic (exact) mass is 478 g/mol. The molecule has 0 aliphatic carbocycles. The van der Waals surface area contributed by atoms with Crippen LogP contribution in [0.4, 0.5) is 5.69 Å². The van der Waals surface area contributed by atoms with Crippen molar-refractivity contribution in [2.45, 2.75) is 4.21 Å². The normalized spacial score (nSPS) is 14.9. The molecule has 0 unspecified atom stereocenters. The lowest BCUT2D eigenvalue weighted by molar-refractivity contribution is 0.0731. The highest BCUT2D eigenvalue weighted by Crippen LogP contribution is 2.33. The van der Waals surface area contributed by atoms with E-state index in [0.717, 1.165) is 26.9 Å². The fraction of sp³-hybridized carbons (Fsp3) is 0.160. The van der Waals surface area contributed by atoms with Crippen molar-refractivity contribution in [1.82, 2.24) is 4.31 Å². The Kier molecular flexibility index (Phi) is 5.99. The van der Waals surface area contributed by atoms with Gasteiger partial charge < -0.3 is 10.1 Å². The molecule has 1 fully saturated rings. The molecule has 2 heterocycles. The smallest absolute Gasteiger partial charge is 0.255 e. The first-order valence-corrected chi connectivity index (χ1v) is 12.9. The van der Waals surface area contributed by atoms with Crippen LogP contribution in [-0.4, -0.2) is 44.9 Å². The Labute approximate surface area is 196 Å². The third-order valence-electron chi connectivity index (χ3n) is 5.59. The lowest BCUT2D eigenvalue weighted by atomic mass is 10.1. The summed E-state index contributed by atoms with van der Waals surface area (Å²) in [5.41, 5.74) is 2.05. The number of nitrogens with zero attached hydrogens (tertiary/aromatic N) is 1. The van der Waals surface area contributed by atoms with Crippen molar-refractivity contribution < 1.29 is 17.9 Å². The Morgan fingerprint density at radius 2 is 1.67 bits per heavy atom. The van der Waals surface area contributed by atoms with E-state index in [4.69, 9.17) is 4.74 Å². The number of amides is 1. The SMILES string of the molecule is O=C(Nc1cccc2ccccc12)c1cccc(-c2ccc(S(=O)(=O)N3CCOCC3)s2)c1. The van der Waals surface area contributed by atoms with Gasteiger partial charge in [-0.05, 0) is 41.3 Å². The van der Waals surface area contributed by atoms with Gasteiger partial charge in [0.1, 0.15) is 4.21 Å². The Balaban J connectivity index is 1.39. The zero-order valence-electron chi connectivity index (χ0n) is 17.7. The molecule has 8 heteroatoms. The Morgan fingerprint density at radius 3 is 2.52 bits per heavy atom. The molecule has 0 bridgehead atoms. The number of anilines is 1. The maximum Gasteiger partial charge on any atom is 0.255 e. The van der Waals surface area contributed by atoms with Crippen LogP contribution >= 0.6 is 11.3 Å². The summed E-state index contributed by atoms with van der Waals surface area (Å²) < 4.78 is 32.9. The average molecular weight is 479 g/mol.